The van der Waals surface area contributed by atoms with Crippen molar-refractivity contribution >= 4 is 0 Å². The number of hydrogen-bond donors (Lipinski definition) is 0. The van der Waals surface area contributed by atoms with Crippen LogP contribution < -0.4 is 0 Å². The van der Waals surface area contributed by atoms with Crippen LogP contribution in [0.1, 0.15) is 11.6 Å². The molecular formula is C5H8IrN3-. The molecule has 0 aliphatic carbocycles. The molecule has 4 heteroatoms. The van der Waals surface area contributed by atoms with Gasteiger partial charge in [-0.25, -0.2) is 0 Å². The molecule has 1 aromatic rings. The summed E-state index contributed by atoms with van der Waals surface area (Å²) in [6.45, 7) is 5.52. The second kappa shape index (κ2) is 2.99. The Morgan fingerprint density at radius 3 is 2.11 bits per heavy atom. The first-order valence-electron chi connectivity index (χ1n) is 2.40. The summed E-state index contributed by atoms with van der Waals surface area (Å²) >= 11 is 0. The van der Waals surface area contributed by atoms with E-state index in [1.165, 1.54) is 0 Å². The molecule has 0 aromatic carbocycles. The van der Waals surface area contributed by atoms with E-state index >= 15 is 0 Å². The van der Waals surface area contributed by atoms with Gasteiger partial charge in [0, 0.05) is 27.2 Å². The summed E-state index contributed by atoms with van der Waals surface area (Å²) in [5.74, 6) is 1.61. The van der Waals surface area contributed by atoms with Gasteiger partial charge in [-0.05, 0) is 12.7 Å². The topological polar surface area (TPSA) is 30.7 Å². The number of hydrogen-bond acceptors (Lipinski definition) is 2. The first-order chi connectivity index (χ1) is 3.72. The molecule has 0 fully saturated rings. The summed E-state index contributed by atoms with van der Waals surface area (Å²) in [6.07, 6.45) is 0. The van der Waals surface area contributed by atoms with Crippen molar-refractivity contribution in [2.24, 2.45) is 7.05 Å². The van der Waals surface area contributed by atoms with Crippen LogP contribution in [0.4, 0.5) is 0 Å². The Morgan fingerprint density at radius 2 is 2.00 bits per heavy atom. The second-order valence-corrected chi connectivity index (χ2v) is 1.72. The Labute approximate surface area is 67.8 Å². The maximum Gasteiger partial charge on any atom is 0.127 e. The fourth-order valence-corrected chi connectivity index (χ4v) is 0.451. The molecule has 0 amide bonds. The number of aryl methyl sites for hydroxylation is 1. The molecule has 0 N–H and O–H groups in total. The van der Waals surface area contributed by atoms with Crippen LogP contribution in [0.3, 0.4) is 0 Å². The Kier molecular flexibility index (Phi) is 2.88. The van der Waals surface area contributed by atoms with Gasteiger partial charge in [-0.2, -0.15) is 5.10 Å². The fourth-order valence-electron chi connectivity index (χ4n) is 0.451. The third kappa shape index (κ3) is 1.53. The molecule has 53 valence electrons. The first-order valence-corrected chi connectivity index (χ1v) is 2.40. The summed E-state index contributed by atoms with van der Waals surface area (Å²) in [5.41, 5.74) is 0. The van der Waals surface area contributed by atoms with E-state index in [1.807, 2.05) is 18.5 Å². The minimum atomic E-state index is 0. The molecule has 0 aliphatic rings. The Hall–Kier alpha value is -0.341. The SMILES string of the molecule is [CH2-]c1nnc(C)n1C.[Ir]. The van der Waals surface area contributed by atoms with Gasteiger partial charge in [-0.15, -0.1) is 5.10 Å². The van der Waals surface area contributed by atoms with E-state index in [4.69, 9.17) is 0 Å². The van der Waals surface area contributed by atoms with Crippen LogP contribution in [0.2, 0.25) is 0 Å². The third-order valence-electron chi connectivity index (χ3n) is 1.18. The van der Waals surface area contributed by atoms with Gasteiger partial charge in [-0.3, -0.25) is 0 Å². The average Bonchev–Trinajstić information content (AvgIpc) is 1.98. The third-order valence-corrected chi connectivity index (χ3v) is 1.18. The molecule has 9 heavy (non-hydrogen) atoms. The van der Waals surface area contributed by atoms with Crippen molar-refractivity contribution in [2.45, 2.75) is 6.92 Å². The van der Waals surface area contributed by atoms with E-state index in [2.05, 4.69) is 17.1 Å². The normalized spacial score (nSPS) is 8.67. The molecule has 0 atom stereocenters. The molecule has 1 heterocycles. The van der Waals surface area contributed by atoms with Crippen molar-refractivity contribution in [3.63, 3.8) is 0 Å². The Balaban J connectivity index is 0.000000640. The zero-order valence-corrected chi connectivity index (χ0v) is 7.78. The minimum absolute atomic E-state index is 0. The molecule has 1 radical (unpaired) electrons. The molecule has 0 spiro atoms. The van der Waals surface area contributed by atoms with E-state index < -0.39 is 0 Å². The van der Waals surface area contributed by atoms with Crippen LogP contribution in [0, 0.1) is 13.8 Å². The zero-order valence-electron chi connectivity index (χ0n) is 5.38. The van der Waals surface area contributed by atoms with Gasteiger partial charge in [0.05, 0.1) is 0 Å². The van der Waals surface area contributed by atoms with E-state index in [-0.39, 0.29) is 20.1 Å². The molecule has 0 saturated heterocycles. The second-order valence-electron chi connectivity index (χ2n) is 1.72. The van der Waals surface area contributed by atoms with Crippen LogP contribution in [-0.2, 0) is 27.2 Å². The van der Waals surface area contributed by atoms with Crippen LogP contribution in [-0.4, -0.2) is 14.8 Å². The molecule has 0 saturated carbocycles. The van der Waals surface area contributed by atoms with E-state index in [0.717, 1.165) is 5.82 Å². The Morgan fingerprint density at radius 1 is 1.44 bits per heavy atom. The van der Waals surface area contributed by atoms with Crippen molar-refractivity contribution in [3.05, 3.63) is 18.6 Å². The predicted octanol–water partition coefficient (Wildman–Crippen LogP) is 0.303. The van der Waals surface area contributed by atoms with Gasteiger partial charge < -0.3 is 11.5 Å². The summed E-state index contributed by atoms with van der Waals surface area (Å²) < 4.78 is 1.83. The molecule has 1 aromatic heterocycles. The first kappa shape index (κ1) is 8.66. The molecule has 0 aliphatic heterocycles. The number of rotatable bonds is 0. The van der Waals surface area contributed by atoms with Gasteiger partial charge in [0.15, 0.2) is 0 Å². The zero-order chi connectivity index (χ0) is 6.15. The van der Waals surface area contributed by atoms with Crippen LogP contribution in [0.15, 0.2) is 0 Å². The van der Waals surface area contributed by atoms with Crippen molar-refractivity contribution in [1.82, 2.24) is 14.8 Å². The van der Waals surface area contributed by atoms with Crippen molar-refractivity contribution in [2.75, 3.05) is 0 Å². The van der Waals surface area contributed by atoms with Crippen molar-refractivity contribution in [1.29, 1.82) is 0 Å². The van der Waals surface area contributed by atoms with Crippen molar-refractivity contribution in [3.8, 4) is 0 Å². The molecule has 3 nitrogen and oxygen atoms in total. The molecule has 1 rings (SSSR count). The summed E-state index contributed by atoms with van der Waals surface area (Å²) in [6, 6.07) is 0. The Bertz CT molecular complexity index is 175. The van der Waals surface area contributed by atoms with Gasteiger partial charge >= 0.3 is 0 Å². The smallest absolute Gasteiger partial charge is 0.127 e. The van der Waals surface area contributed by atoms with Crippen LogP contribution in [0.25, 0.3) is 0 Å². The average molecular weight is 302 g/mol. The van der Waals surface area contributed by atoms with Crippen molar-refractivity contribution < 1.29 is 20.1 Å². The fraction of sp³-hybridized carbons (Fsp3) is 0.400. The predicted molar refractivity (Wildman–Crippen MR) is 30.2 cm³/mol. The van der Waals surface area contributed by atoms with E-state index in [0.29, 0.717) is 5.82 Å². The quantitative estimate of drug-likeness (QED) is 0.646. The summed E-state index contributed by atoms with van der Waals surface area (Å²) in [5, 5.41) is 7.48. The largest absolute Gasteiger partial charge is 0.345 e. The molecule has 0 unspecified atom stereocenters. The van der Waals surface area contributed by atoms with Gasteiger partial charge in [0.25, 0.3) is 0 Å². The maximum atomic E-state index is 3.77. The van der Waals surface area contributed by atoms with E-state index in [9.17, 15) is 0 Å². The standard InChI is InChI=1S/C5H8N3.Ir/c1-4-6-7-5(2)8(4)3;/h1H2,2-3H3;/q-1;. The summed E-state index contributed by atoms with van der Waals surface area (Å²) in [7, 11) is 1.89. The van der Waals surface area contributed by atoms with Crippen LogP contribution >= 0.6 is 0 Å². The van der Waals surface area contributed by atoms with Gasteiger partial charge in [-0.1, -0.05) is 0 Å². The summed E-state index contributed by atoms with van der Waals surface area (Å²) in [4.78, 5) is 0. The number of nitrogens with zero attached hydrogens (tertiary/aromatic N) is 3. The molecule has 0 bridgehead atoms. The maximum absolute atomic E-state index is 3.77. The van der Waals surface area contributed by atoms with E-state index in [1.54, 1.807) is 0 Å². The van der Waals surface area contributed by atoms with Gasteiger partial charge in [0.2, 0.25) is 0 Å². The number of aromatic nitrogens is 3. The van der Waals surface area contributed by atoms with Gasteiger partial charge in [0.1, 0.15) is 5.82 Å². The minimum Gasteiger partial charge on any atom is -0.345 e. The van der Waals surface area contributed by atoms with Crippen LogP contribution in [0.5, 0.6) is 0 Å². The monoisotopic (exact) mass is 303 g/mol. The molecular weight excluding hydrogens is 294 g/mol.